The Morgan fingerprint density at radius 2 is 1.94 bits per heavy atom. The molecule has 0 bridgehead atoms. The van der Waals surface area contributed by atoms with Crippen LogP contribution in [0.1, 0.15) is 38.9 Å². The number of quaternary nitrogens is 1. The van der Waals surface area contributed by atoms with E-state index in [2.05, 4.69) is 48.6 Å². The molecular formula is C25H29N2O4+. The van der Waals surface area contributed by atoms with Crippen LogP contribution in [0.3, 0.4) is 0 Å². The van der Waals surface area contributed by atoms with Gasteiger partial charge in [-0.25, -0.2) is 0 Å². The third-order valence-electron chi connectivity index (χ3n) is 5.95. The molecule has 0 fully saturated rings. The normalized spacial score (nSPS) is 17.6. The number of fused-ring (bicyclic) bond motifs is 1. The number of aryl methyl sites for hydroxylation is 1. The van der Waals surface area contributed by atoms with E-state index in [1.165, 1.54) is 33.4 Å². The number of benzene rings is 2. The van der Waals surface area contributed by atoms with Crippen molar-refractivity contribution < 1.29 is 23.6 Å². The van der Waals surface area contributed by atoms with Gasteiger partial charge in [-0.2, -0.15) is 0 Å². The van der Waals surface area contributed by atoms with Gasteiger partial charge in [-0.1, -0.05) is 29.8 Å². The zero-order chi connectivity index (χ0) is 21.8. The van der Waals surface area contributed by atoms with Crippen molar-refractivity contribution in [1.29, 1.82) is 0 Å². The molecule has 2 atom stereocenters. The van der Waals surface area contributed by atoms with Gasteiger partial charge in [0.2, 0.25) is 0 Å². The number of methoxy groups -OCH3 is 2. The van der Waals surface area contributed by atoms with Crippen LogP contribution in [0.5, 0.6) is 11.5 Å². The number of amides is 1. The molecule has 31 heavy (non-hydrogen) atoms. The third-order valence-corrected chi connectivity index (χ3v) is 5.95. The topological polar surface area (TPSA) is 65.1 Å². The fourth-order valence-corrected chi connectivity index (χ4v) is 4.41. The van der Waals surface area contributed by atoms with E-state index >= 15 is 0 Å². The van der Waals surface area contributed by atoms with Crippen LogP contribution in [0.25, 0.3) is 0 Å². The van der Waals surface area contributed by atoms with Gasteiger partial charge in [0.15, 0.2) is 17.3 Å². The Bertz CT molecular complexity index is 1050. The molecule has 0 radical (unpaired) electrons. The Kier molecular flexibility index (Phi) is 6.28. The van der Waals surface area contributed by atoms with Gasteiger partial charge in [-0.05, 0) is 36.8 Å². The minimum absolute atomic E-state index is 0.0861. The lowest BCUT2D eigenvalue weighted by Crippen LogP contribution is -3.12. The third kappa shape index (κ3) is 4.59. The van der Waals surface area contributed by atoms with Gasteiger partial charge in [0, 0.05) is 17.5 Å². The molecule has 1 unspecified atom stereocenters. The minimum atomic E-state index is -0.201. The van der Waals surface area contributed by atoms with Crippen molar-refractivity contribution in [2.45, 2.75) is 25.9 Å². The van der Waals surface area contributed by atoms with Gasteiger partial charge in [0.1, 0.15) is 12.6 Å². The Hall–Kier alpha value is -3.25. The van der Waals surface area contributed by atoms with Crippen LogP contribution in [-0.4, -0.2) is 33.2 Å². The maximum absolute atomic E-state index is 12.5. The lowest BCUT2D eigenvalue weighted by Gasteiger charge is -2.35. The molecule has 162 valence electrons. The first-order valence-corrected chi connectivity index (χ1v) is 10.6. The highest BCUT2D eigenvalue weighted by Crippen LogP contribution is 2.34. The summed E-state index contributed by atoms with van der Waals surface area (Å²) < 4.78 is 16.3. The average molecular weight is 422 g/mol. The fraction of sp³-hybridized carbons (Fsp3) is 0.320. The number of carbonyl (C=O) groups excluding carboxylic acids is 1. The first-order chi connectivity index (χ1) is 15.1. The van der Waals surface area contributed by atoms with E-state index in [-0.39, 0.29) is 11.9 Å². The summed E-state index contributed by atoms with van der Waals surface area (Å²) >= 11 is 0. The lowest BCUT2D eigenvalue weighted by molar-refractivity contribution is -0.945. The molecule has 2 aromatic carbocycles. The van der Waals surface area contributed by atoms with Crippen molar-refractivity contribution in [3.63, 3.8) is 0 Å². The molecule has 6 heteroatoms. The van der Waals surface area contributed by atoms with E-state index in [0.29, 0.717) is 18.1 Å². The Labute approximate surface area is 182 Å². The molecule has 0 saturated heterocycles. The number of ether oxygens (including phenoxy) is 2. The highest BCUT2D eigenvalue weighted by atomic mass is 16.5. The quantitative estimate of drug-likeness (QED) is 0.616. The fourth-order valence-electron chi connectivity index (χ4n) is 4.41. The minimum Gasteiger partial charge on any atom is -0.493 e. The van der Waals surface area contributed by atoms with Crippen molar-refractivity contribution in [1.82, 2.24) is 5.32 Å². The first-order valence-electron chi connectivity index (χ1n) is 10.6. The zero-order valence-electron chi connectivity index (χ0n) is 18.2. The molecule has 1 aromatic heterocycles. The summed E-state index contributed by atoms with van der Waals surface area (Å²) in [5.41, 5.74) is 4.97. The lowest BCUT2D eigenvalue weighted by atomic mass is 9.91. The standard InChI is InChI=1S/C25H28N2O4/c1-17-6-4-7-18(12-17)16-27-10-9-19-13-23(29-2)24(30-3)14-20(19)21(27)15-26-25(28)22-8-5-11-31-22/h4-8,11-14,21H,9-10,15-16H2,1-3H3,(H,26,28)/p+1/t21-/m0/s1. The van der Waals surface area contributed by atoms with E-state index in [0.717, 1.165) is 25.3 Å². The van der Waals surface area contributed by atoms with Gasteiger partial charge >= 0.3 is 0 Å². The summed E-state index contributed by atoms with van der Waals surface area (Å²) in [6, 6.07) is 16.2. The molecule has 0 spiro atoms. The molecule has 3 aromatic rings. The number of hydrogen-bond acceptors (Lipinski definition) is 4. The maximum atomic E-state index is 12.5. The van der Waals surface area contributed by atoms with E-state index in [1.54, 1.807) is 26.4 Å². The van der Waals surface area contributed by atoms with Gasteiger partial charge in [0.25, 0.3) is 5.91 Å². The Morgan fingerprint density at radius 3 is 2.65 bits per heavy atom. The smallest absolute Gasteiger partial charge is 0.287 e. The molecule has 0 aliphatic carbocycles. The maximum Gasteiger partial charge on any atom is 0.287 e. The van der Waals surface area contributed by atoms with Crippen molar-refractivity contribution in [2.24, 2.45) is 0 Å². The molecule has 4 rings (SSSR count). The predicted molar refractivity (Wildman–Crippen MR) is 118 cm³/mol. The van der Waals surface area contributed by atoms with Crippen LogP contribution >= 0.6 is 0 Å². The number of carbonyl (C=O) groups is 1. The van der Waals surface area contributed by atoms with E-state index in [4.69, 9.17) is 13.9 Å². The molecule has 2 N–H and O–H groups in total. The largest absolute Gasteiger partial charge is 0.493 e. The summed E-state index contributed by atoms with van der Waals surface area (Å²) in [6.45, 7) is 4.47. The van der Waals surface area contributed by atoms with Gasteiger partial charge < -0.3 is 24.1 Å². The number of nitrogens with one attached hydrogen (secondary N) is 2. The highest BCUT2D eigenvalue weighted by molar-refractivity contribution is 5.91. The molecule has 1 aliphatic rings. The summed E-state index contributed by atoms with van der Waals surface area (Å²) in [7, 11) is 3.31. The van der Waals surface area contributed by atoms with Crippen molar-refractivity contribution >= 4 is 5.91 Å². The van der Waals surface area contributed by atoms with E-state index < -0.39 is 0 Å². The summed E-state index contributed by atoms with van der Waals surface area (Å²) in [5.74, 6) is 1.57. The van der Waals surface area contributed by atoms with Crippen LogP contribution in [0.15, 0.2) is 59.2 Å². The van der Waals surface area contributed by atoms with Crippen molar-refractivity contribution in [2.75, 3.05) is 27.3 Å². The predicted octanol–water partition coefficient (Wildman–Crippen LogP) is 2.72. The van der Waals surface area contributed by atoms with Gasteiger partial charge in [-0.15, -0.1) is 0 Å². The molecule has 6 nitrogen and oxygen atoms in total. The van der Waals surface area contributed by atoms with Crippen LogP contribution in [0.4, 0.5) is 0 Å². The highest BCUT2D eigenvalue weighted by Gasteiger charge is 2.33. The summed E-state index contributed by atoms with van der Waals surface area (Å²) in [4.78, 5) is 13.9. The monoisotopic (exact) mass is 421 g/mol. The van der Waals surface area contributed by atoms with Crippen molar-refractivity contribution in [3.8, 4) is 11.5 Å². The van der Waals surface area contributed by atoms with Crippen LogP contribution in [0.2, 0.25) is 0 Å². The van der Waals surface area contributed by atoms with Gasteiger partial charge in [-0.3, -0.25) is 4.79 Å². The summed E-state index contributed by atoms with van der Waals surface area (Å²) in [5, 5.41) is 3.06. The molecule has 1 aliphatic heterocycles. The molecule has 0 saturated carbocycles. The Morgan fingerprint density at radius 1 is 1.13 bits per heavy atom. The zero-order valence-corrected chi connectivity index (χ0v) is 18.2. The SMILES string of the molecule is COc1cc2c(cc1OC)[C@H](CNC(=O)c1ccco1)[NH+](Cc1cccc(C)c1)CC2. The Balaban J connectivity index is 1.64. The van der Waals surface area contributed by atoms with Crippen LogP contribution in [-0.2, 0) is 13.0 Å². The number of furan rings is 1. The second-order valence-corrected chi connectivity index (χ2v) is 7.97. The second-order valence-electron chi connectivity index (χ2n) is 7.97. The second kappa shape index (κ2) is 9.27. The van der Waals surface area contributed by atoms with Crippen LogP contribution in [0, 0.1) is 6.92 Å². The molecular weight excluding hydrogens is 392 g/mol. The first kappa shape index (κ1) is 21.0. The van der Waals surface area contributed by atoms with Gasteiger partial charge in [0.05, 0.1) is 33.6 Å². The average Bonchev–Trinajstić information content (AvgIpc) is 3.32. The van der Waals surface area contributed by atoms with E-state index in [1.807, 2.05) is 0 Å². The van der Waals surface area contributed by atoms with Crippen LogP contribution < -0.4 is 19.7 Å². The van der Waals surface area contributed by atoms with Crippen molar-refractivity contribution in [3.05, 3.63) is 82.8 Å². The molecule has 2 heterocycles. The number of hydrogen-bond donors (Lipinski definition) is 2. The van der Waals surface area contributed by atoms with E-state index in [9.17, 15) is 4.79 Å². The number of rotatable bonds is 7. The summed E-state index contributed by atoms with van der Waals surface area (Å²) in [6.07, 6.45) is 2.46. The molecule has 1 amide bonds.